The van der Waals surface area contributed by atoms with Gasteiger partial charge in [0.1, 0.15) is 0 Å². The standard InChI is InChI=1S/C20H38N2O2.2CH3.Ti/c1-7-14(5)20(15(6)8-2)12-16(21-18(23)9-3)11-17(13-20)22-19(24)10-4;;;/h14-17H,7-13H2,1-6H3,(H,21,23)(H,22,24);2*1H3;. The van der Waals surface area contributed by atoms with Crippen molar-refractivity contribution in [2.45, 2.75) is 109 Å². The van der Waals surface area contributed by atoms with Crippen LogP contribution in [0.1, 0.15) is 86.5 Å². The third-order valence-electron chi connectivity index (χ3n) is 6.38. The summed E-state index contributed by atoms with van der Waals surface area (Å²) < 4.78 is 0. The molecule has 0 spiro atoms. The average molecular weight is 416 g/mol. The zero-order chi connectivity index (χ0) is 21.0. The maximum atomic E-state index is 12.0. The van der Waals surface area contributed by atoms with E-state index in [-0.39, 0.29) is 29.3 Å². The van der Waals surface area contributed by atoms with Crippen molar-refractivity contribution in [2.24, 2.45) is 17.3 Å². The predicted molar refractivity (Wildman–Crippen MR) is 111 cm³/mol. The Morgan fingerprint density at radius 2 is 1.22 bits per heavy atom. The Kier molecular flexibility index (Phi) is 13.6. The fourth-order valence-electron chi connectivity index (χ4n) is 4.49. The van der Waals surface area contributed by atoms with Gasteiger partial charge in [0.25, 0.3) is 0 Å². The Bertz CT molecular complexity index is 404. The van der Waals surface area contributed by atoms with Crippen molar-refractivity contribution in [1.29, 1.82) is 0 Å². The minimum absolute atomic E-state index is 0.115. The van der Waals surface area contributed by atoms with Crippen molar-refractivity contribution in [3.8, 4) is 0 Å². The molecule has 158 valence electrons. The molecule has 1 rings (SSSR count). The van der Waals surface area contributed by atoms with E-state index in [1.54, 1.807) is 0 Å². The molecule has 0 radical (unpaired) electrons. The molecule has 2 N–H and O–H groups in total. The Hall–Kier alpha value is -0.346. The molecule has 4 unspecified atom stereocenters. The molecule has 0 saturated heterocycles. The third-order valence-corrected chi connectivity index (χ3v) is 6.38. The number of carbonyl (C=O) groups excluding carboxylic acids is 2. The minimum atomic E-state index is 0.115. The molecule has 0 aromatic carbocycles. The summed E-state index contributed by atoms with van der Waals surface area (Å²) in [6, 6.07) is 0.327. The van der Waals surface area contributed by atoms with Crippen LogP contribution in [0, 0.1) is 17.3 Å². The molecular weight excluding hydrogens is 372 g/mol. The number of nitrogens with one attached hydrogen (secondary N) is 2. The summed E-state index contributed by atoms with van der Waals surface area (Å²) in [5.74, 6) is 1.39. The van der Waals surface area contributed by atoms with Crippen molar-refractivity contribution in [3.05, 3.63) is 0 Å². The van der Waals surface area contributed by atoms with Crippen LogP contribution in [-0.2, 0) is 28.7 Å². The van der Waals surface area contributed by atoms with Gasteiger partial charge >= 0.3 is 29.6 Å². The van der Waals surface area contributed by atoms with Gasteiger partial charge in [-0.05, 0) is 36.5 Å². The van der Waals surface area contributed by atoms with Crippen LogP contribution in [0.4, 0.5) is 0 Å². The first-order valence-corrected chi connectivity index (χ1v) is 14.0. The van der Waals surface area contributed by atoms with Crippen molar-refractivity contribution in [3.63, 3.8) is 0 Å². The molecular formula is C22H44N2O2Ti. The van der Waals surface area contributed by atoms with E-state index in [1.807, 2.05) is 13.8 Å². The molecule has 4 nitrogen and oxygen atoms in total. The van der Waals surface area contributed by atoms with Crippen molar-refractivity contribution in [2.75, 3.05) is 0 Å². The second-order valence-corrected chi connectivity index (χ2v) is 9.79. The number of rotatable bonds is 8. The molecule has 1 aliphatic rings. The Morgan fingerprint density at radius 1 is 0.889 bits per heavy atom. The van der Waals surface area contributed by atoms with Gasteiger partial charge in [-0.15, -0.1) is 0 Å². The van der Waals surface area contributed by atoms with Crippen LogP contribution in [0.3, 0.4) is 0 Å². The Labute approximate surface area is 177 Å². The van der Waals surface area contributed by atoms with Crippen molar-refractivity contribution >= 4 is 11.8 Å². The second kappa shape index (κ2) is 13.8. The van der Waals surface area contributed by atoms with Crippen LogP contribution >= 0.6 is 0 Å². The van der Waals surface area contributed by atoms with E-state index in [2.05, 4.69) is 48.8 Å². The summed E-state index contributed by atoms with van der Waals surface area (Å²) in [6.07, 6.45) is 6.21. The summed E-state index contributed by atoms with van der Waals surface area (Å²) in [4.78, 5) is 23.9. The molecule has 4 atom stereocenters. The number of hydrogen-bond acceptors (Lipinski definition) is 2. The van der Waals surface area contributed by atoms with E-state index in [0.717, 1.165) is 32.1 Å². The topological polar surface area (TPSA) is 58.2 Å². The molecule has 1 fully saturated rings. The summed E-state index contributed by atoms with van der Waals surface area (Å²) in [5, 5.41) is 10.9. The van der Waals surface area contributed by atoms with E-state index in [4.69, 9.17) is 0 Å². The van der Waals surface area contributed by atoms with E-state index >= 15 is 0 Å². The zero-order valence-corrected chi connectivity index (χ0v) is 20.6. The van der Waals surface area contributed by atoms with E-state index in [9.17, 15) is 9.59 Å². The van der Waals surface area contributed by atoms with Gasteiger partial charge in [-0.1, -0.05) is 54.4 Å². The molecule has 27 heavy (non-hydrogen) atoms. The Morgan fingerprint density at radius 3 is 1.48 bits per heavy atom. The van der Waals surface area contributed by atoms with Gasteiger partial charge in [0, 0.05) is 24.9 Å². The van der Waals surface area contributed by atoms with Gasteiger partial charge in [0.2, 0.25) is 11.8 Å². The average Bonchev–Trinajstić information content (AvgIpc) is 2.66. The number of carbonyl (C=O) groups is 2. The first kappa shape index (κ1) is 26.7. The van der Waals surface area contributed by atoms with Gasteiger partial charge in [-0.2, -0.15) is 0 Å². The molecule has 0 bridgehead atoms. The van der Waals surface area contributed by atoms with E-state index < -0.39 is 0 Å². The number of amides is 2. The molecule has 0 heterocycles. The molecule has 0 aliphatic heterocycles. The van der Waals surface area contributed by atoms with E-state index in [1.165, 1.54) is 0 Å². The first-order chi connectivity index (χ1) is 12.7. The van der Waals surface area contributed by atoms with Crippen LogP contribution in [0.5, 0.6) is 0 Å². The fourth-order valence-corrected chi connectivity index (χ4v) is 4.49. The van der Waals surface area contributed by atoms with Gasteiger partial charge < -0.3 is 10.6 Å². The third kappa shape index (κ3) is 8.27. The van der Waals surface area contributed by atoms with Crippen molar-refractivity contribution < 1.29 is 28.7 Å². The van der Waals surface area contributed by atoms with Gasteiger partial charge in [0.05, 0.1) is 0 Å². The summed E-state index contributed by atoms with van der Waals surface area (Å²) >= 11 is 0.500. The molecule has 5 heteroatoms. The predicted octanol–water partition coefficient (Wildman–Crippen LogP) is 5.20. The molecule has 1 aliphatic carbocycles. The molecule has 0 aromatic rings. The summed E-state index contributed by atoms with van der Waals surface area (Å²) in [7, 11) is 0. The van der Waals surface area contributed by atoms with Gasteiger partial charge in [0.15, 0.2) is 0 Å². The first-order valence-electron chi connectivity index (χ1n) is 10.9. The SMILES string of the molecule is CCC(=O)NC1CC(NC(=O)CC)CC(C(C)CC)(C(C)CC)C1.[CH3][Ti][CH3]. The van der Waals surface area contributed by atoms with Crippen LogP contribution < -0.4 is 10.6 Å². The van der Waals surface area contributed by atoms with Crippen molar-refractivity contribution in [1.82, 2.24) is 10.6 Å². The van der Waals surface area contributed by atoms with Crippen LogP contribution in [0.2, 0.25) is 10.5 Å². The number of hydrogen-bond donors (Lipinski definition) is 2. The van der Waals surface area contributed by atoms with Crippen LogP contribution in [-0.4, -0.2) is 23.9 Å². The van der Waals surface area contributed by atoms with Crippen LogP contribution in [0.15, 0.2) is 0 Å². The van der Waals surface area contributed by atoms with Gasteiger partial charge in [-0.3, -0.25) is 9.59 Å². The normalized spacial score (nSPS) is 26.8. The van der Waals surface area contributed by atoms with Crippen LogP contribution in [0.25, 0.3) is 0 Å². The monoisotopic (exact) mass is 416 g/mol. The molecule has 1 saturated carbocycles. The summed E-state index contributed by atoms with van der Waals surface area (Å²) in [5.41, 5.74) is 0.180. The fraction of sp³-hybridized carbons (Fsp3) is 0.909. The maximum absolute atomic E-state index is 12.0. The molecule has 0 aromatic heterocycles. The Balaban J connectivity index is 0.00000210. The zero-order valence-electron chi connectivity index (χ0n) is 19.1. The van der Waals surface area contributed by atoms with Gasteiger partial charge in [-0.25, -0.2) is 0 Å². The molecule has 2 amide bonds. The second-order valence-electron chi connectivity index (χ2n) is 8.23. The quantitative estimate of drug-likeness (QED) is 0.534. The summed E-state index contributed by atoms with van der Waals surface area (Å²) in [6.45, 7) is 13.0. The van der Waals surface area contributed by atoms with E-state index in [0.29, 0.717) is 43.8 Å².